The van der Waals surface area contributed by atoms with Crippen molar-refractivity contribution in [2.24, 2.45) is 0 Å². The zero-order valence-corrected chi connectivity index (χ0v) is 17.3. The lowest BCUT2D eigenvalue weighted by atomic mass is 9.97. The second-order valence-corrected chi connectivity index (χ2v) is 7.50. The van der Waals surface area contributed by atoms with Crippen LogP contribution in [0.15, 0.2) is 53.1 Å². The number of carboxylic acid groups (broad SMARTS) is 1. The number of carbonyl (C=O) groups excluding carboxylic acids is 1. The number of amides is 1. The van der Waals surface area contributed by atoms with Gasteiger partial charge in [0.2, 0.25) is 0 Å². The summed E-state index contributed by atoms with van der Waals surface area (Å²) in [5.41, 5.74) is 1.48. The molecule has 0 aliphatic heterocycles. The highest BCUT2D eigenvalue weighted by Gasteiger charge is 2.24. The number of aliphatic hydroxyl groups is 1. The topological polar surface area (TPSA) is 113 Å². The molecule has 7 nitrogen and oxygen atoms in total. The van der Waals surface area contributed by atoms with Crippen molar-refractivity contribution in [1.82, 2.24) is 10.3 Å². The quantitative estimate of drug-likeness (QED) is 0.487. The third kappa shape index (κ3) is 5.90. The number of aryl methyl sites for hydroxylation is 1. The van der Waals surface area contributed by atoms with Gasteiger partial charge in [0.25, 0.3) is 5.89 Å². The first-order valence-electron chi connectivity index (χ1n) is 9.41. The molecule has 1 heterocycles. The lowest BCUT2D eigenvalue weighted by Gasteiger charge is -2.20. The Balaban J connectivity index is 1.80. The number of oxazole rings is 1. The van der Waals surface area contributed by atoms with Gasteiger partial charge in [0.05, 0.1) is 6.20 Å². The number of hydrogen-bond donors (Lipinski definition) is 3. The summed E-state index contributed by atoms with van der Waals surface area (Å²) in [6, 6.07) is 10.5. The first kappa shape index (κ1) is 22.5. The van der Waals surface area contributed by atoms with Gasteiger partial charge < -0.3 is 19.9 Å². The first-order valence-corrected chi connectivity index (χ1v) is 9.79. The van der Waals surface area contributed by atoms with Gasteiger partial charge in [-0.15, -0.1) is 0 Å². The molecular formula is C22H20ClFN2O5. The van der Waals surface area contributed by atoms with Gasteiger partial charge in [-0.05, 0) is 42.7 Å². The van der Waals surface area contributed by atoms with E-state index in [1.807, 2.05) is 0 Å². The number of halogens is 2. The second kappa shape index (κ2) is 9.72. The van der Waals surface area contributed by atoms with Crippen molar-refractivity contribution in [1.29, 1.82) is 0 Å². The molecule has 2 unspecified atom stereocenters. The van der Waals surface area contributed by atoms with E-state index in [2.05, 4.69) is 10.3 Å². The van der Waals surface area contributed by atoms with Crippen LogP contribution in [0, 0.1) is 12.7 Å². The Hall–Kier alpha value is -3.23. The molecule has 0 spiro atoms. The van der Waals surface area contributed by atoms with Crippen LogP contribution in [0.5, 0.6) is 0 Å². The standard InChI is InChI=1S/C22H20ClFN2O5/c1-12-11-25-21(31-12)20(28)26-16(10-19(27)22(29)30)7-13-5-6-17(18(24)8-13)14-3-2-4-15(23)9-14/h2-6,8-9,11,16,19,27H,7,10H2,1H3,(H,26,28)(H,29,30). The summed E-state index contributed by atoms with van der Waals surface area (Å²) < 4.78 is 19.9. The highest BCUT2D eigenvalue weighted by atomic mass is 35.5. The van der Waals surface area contributed by atoms with Gasteiger partial charge in [-0.25, -0.2) is 14.2 Å². The first-order chi connectivity index (χ1) is 14.7. The maximum Gasteiger partial charge on any atom is 0.332 e. The number of rotatable bonds is 8. The minimum absolute atomic E-state index is 0.0858. The number of aromatic nitrogens is 1. The normalized spacial score (nSPS) is 12.9. The molecule has 0 saturated carbocycles. The fourth-order valence-electron chi connectivity index (χ4n) is 3.13. The largest absolute Gasteiger partial charge is 0.479 e. The van der Waals surface area contributed by atoms with Crippen LogP contribution >= 0.6 is 11.6 Å². The van der Waals surface area contributed by atoms with Gasteiger partial charge in [-0.2, -0.15) is 0 Å². The summed E-state index contributed by atoms with van der Waals surface area (Å²) in [7, 11) is 0. The third-order valence-corrected chi connectivity index (χ3v) is 4.83. The zero-order chi connectivity index (χ0) is 22.5. The van der Waals surface area contributed by atoms with Crippen LogP contribution in [0.4, 0.5) is 4.39 Å². The van der Waals surface area contributed by atoms with Crippen molar-refractivity contribution in [2.75, 3.05) is 0 Å². The van der Waals surface area contributed by atoms with Crippen molar-refractivity contribution >= 4 is 23.5 Å². The van der Waals surface area contributed by atoms with E-state index in [1.54, 1.807) is 43.3 Å². The molecule has 31 heavy (non-hydrogen) atoms. The summed E-state index contributed by atoms with van der Waals surface area (Å²) in [6.45, 7) is 1.62. The molecule has 162 valence electrons. The number of benzene rings is 2. The summed E-state index contributed by atoms with van der Waals surface area (Å²) in [4.78, 5) is 27.3. The predicted octanol–water partition coefficient (Wildman–Crippen LogP) is 3.62. The Bertz CT molecular complexity index is 1100. The lowest BCUT2D eigenvalue weighted by molar-refractivity contribution is -0.147. The fourth-order valence-corrected chi connectivity index (χ4v) is 3.32. The maximum atomic E-state index is 14.7. The molecule has 2 aromatic carbocycles. The van der Waals surface area contributed by atoms with Crippen LogP contribution in [0.25, 0.3) is 11.1 Å². The molecule has 1 amide bonds. The van der Waals surface area contributed by atoms with Crippen molar-refractivity contribution in [3.63, 3.8) is 0 Å². The Morgan fingerprint density at radius 3 is 2.65 bits per heavy atom. The van der Waals surface area contributed by atoms with Gasteiger partial charge in [0.1, 0.15) is 11.6 Å². The van der Waals surface area contributed by atoms with Gasteiger partial charge in [0.15, 0.2) is 6.10 Å². The molecule has 0 radical (unpaired) electrons. The minimum Gasteiger partial charge on any atom is -0.479 e. The van der Waals surface area contributed by atoms with E-state index >= 15 is 0 Å². The van der Waals surface area contributed by atoms with E-state index in [0.29, 0.717) is 27.5 Å². The number of carbonyl (C=O) groups is 2. The highest BCUT2D eigenvalue weighted by Crippen LogP contribution is 2.26. The summed E-state index contributed by atoms with van der Waals surface area (Å²) in [6.07, 6.45) is -0.520. The van der Waals surface area contributed by atoms with Crippen molar-refractivity contribution < 1.29 is 28.6 Å². The van der Waals surface area contributed by atoms with Crippen LogP contribution < -0.4 is 5.32 Å². The number of aliphatic hydroxyl groups excluding tert-OH is 1. The molecule has 1 aromatic heterocycles. The third-order valence-electron chi connectivity index (χ3n) is 4.59. The van der Waals surface area contributed by atoms with E-state index in [-0.39, 0.29) is 18.7 Å². The molecule has 0 fully saturated rings. The minimum atomic E-state index is -1.70. The molecule has 0 aliphatic rings. The van der Waals surface area contributed by atoms with Crippen LogP contribution in [0.3, 0.4) is 0 Å². The molecule has 3 rings (SSSR count). The van der Waals surface area contributed by atoms with E-state index in [4.69, 9.17) is 21.1 Å². The summed E-state index contributed by atoms with van der Waals surface area (Å²) >= 11 is 5.97. The predicted molar refractivity (Wildman–Crippen MR) is 111 cm³/mol. The Morgan fingerprint density at radius 2 is 2.03 bits per heavy atom. The zero-order valence-electron chi connectivity index (χ0n) is 16.5. The van der Waals surface area contributed by atoms with Gasteiger partial charge in [0, 0.05) is 23.0 Å². The number of hydrogen-bond acceptors (Lipinski definition) is 5. The van der Waals surface area contributed by atoms with Crippen LogP contribution in [0.2, 0.25) is 5.02 Å². The Labute approximate surface area is 182 Å². The molecule has 3 N–H and O–H groups in total. The Kier molecular flexibility index (Phi) is 7.04. The average molecular weight is 447 g/mol. The van der Waals surface area contributed by atoms with Crippen molar-refractivity contribution in [3.8, 4) is 11.1 Å². The molecule has 2 atom stereocenters. The average Bonchev–Trinajstić information content (AvgIpc) is 3.14. The maximum absolute atomic E-state index is 14.7. The lowest BCUT2D eigenvalue weighted by Crippen LogP contribution is -2.40. The summed E-state index contributed by atoms with van der Waals surface area (Å²) in [5, 5.41) is 21.9. The molecule has 0 saturated heterocycles. The van der Waals surface area contributed by atoms with Crippen LogP contribution in [-0.4, -0.2) is 39.2 Å². The van der Waals surface area contributed by atoms with E-state index in [9.17, 15) is 19.1 Å². The van der Waals surface area contributed by atoms with Gasteiger partial charge in [-0.1, -0.05) is 35.9 Å². The number of nitrogens with one attached hydrogen (secondary N) is 1. The van der Waals surface area contributed by atoms with E-state index in [0.717, 1.165) is 0 Å². The Morgan fingerprint density at radius 1 is 1.26 bits per heavy atom. The number of carboxylic acids is 1. The van der Waals surface area contributed by atoms with Crippen LogP contribution in [0.1, 0.15) is 28.4 Å². The fraction of sp³-hybridized carbons (Fsp3) is 0.227. The van der Waals surface area contributed by atoms with Gasteiger partial charge in [-0.3, -0.25) is 4.79 Å². The molecule has 9 heteroatoms. The second-order valence-electron chi connectivity index (χ2n) is 7.06. The molecular weight excluding hydrogens is 427 g/mol. The summed E-state index contributed by atoms with van der Waals surface area (Å²) in [5.74, 6) is -2.33. The molecule has 0 aliphatic carbocycles. The molecule has 3 aromatic rings. The SMILES string of the molecule is Cc1cnc(C(=O)NC(Cc2ccc(-c3cccc(Cl)c3)c(F)c2)CC(O)C(=O)O)o1. The number of nitrogens with zero attached hydrogens (tertiary/aromatic N) is 1. The van der Waals surface area contributed by atoms with E-state index < -0.39 is 29.8 Å². The van der Waals surface area contributed by atoms with E-state index in [1.165, 1.54) is 12.3 Å². The molecule has 0 bridgehead atoms. The number of aliphatic carboxylic acids is 1. The highest BCUT2D eigenvalue weighted by molar-refractivity contribution is 6.30. The van der Waals surface area contributed by atoms with Crippen molar-refractivity contribution in [2.45, 2.75) is 31.9 Å². The monoisotopic (exact) mass is 446 g/mol. The van der Waals surface area contributed by atoms with Crippen molar-refractivity contribution in [3.05, 3.63) is 76.7 Å². The van der Waals surface area contributed by atoms with Gasteiger partial charge >= 0.3 is 11.9 Å². The van der Waals surface area contributed by atoms with Crippen LogP contribution in [-0.2, 0) is 11.2 Å². The smallest absolute Gasteiger partial charge is 0.332 e.